The highest BCUT2D eigenvalue weighted by Gasteiger charge is 2.46. The van der Waals surface area contributed by atoms with E-state index < -0.39 is 56.2 Å². The second-order valence-electron chi connectivity index (χ2n) is 15.6. The molecule has 1 saturated heterocycles. The molecule has 270 valence electrons. The molecule has 1 aromatic carbocycles. The lowest BCUT2D eigenvalue weighted by molar-refractivity contribution is -0.133. The maximum absolute atomic E-state index is 14.2. The number of piperidine rings is 1. The smallest absolute Gasteiger partial charge is 0.253 e. The molecule has 6 atom stereocenters. The van der Waals surface area contributed by atoms with Crippen LogP contribution in [0.15, 0.2) is 48.7 Å². The van der Waals surface area contributed by atoms with E-state index >= 15 is 0 Å². The average Bonchev–Trinajstić information content (AvgIpc) is 3.02. The molecular weight excluding hydrogens is 643 g/mol. The number of aliphatic hydroxyl groups is 1. The predicted molar refractivity (Wildman–Crippen MR) is 191 cm³/mol. The summed E-state index contributed by atoms with van der Waals surface area (Å²) in [5, 5.41) is 20.6. The summed E-state index contributed by atoms with van der Waals surface area (Å²) in [4.78, 5) is 47.4. The summed E-state index contributed by atoms with van der Waals surface area (Å²) in [5.74, 6) is -0.586. The number of carbonyl (C=O) groups is 3. The highest BCUT2D eigenvalue weighted by atomic mass is 32.2. The van der Waals surface area contributed by atoms with Crippen molar-refractivity contribution in [3.05, 3.63) is 65.5 Å². The number of nitrogens with one attached hydrogen (secondary N) is 3. The van der Waals surface area contributed by atoms with Gasteiger partial charge in [0, 0.05) is 36.8 Å². The number of rotatable bonds is 12. The summed E-state index contributed by atoms with van der Waals surface area (Å²) in [6, 6.07) is 9.82. The van der Waals surface area contributed by atoms with Crippen molar-refractivity contribution < 1.29 is 27.9 Å². The fourth-order valence-corrected chi connectivity index (χ4v) is 7.59. The van der Waals surface area contributed by atoms with E-state index in [4.69, 9.17) is 0 Å². The van der Waals surface area contributed by atoms with E-state index in [0.29, 0.717) is 30.5 Å². The zero-order valence-electron chi connectivity index (χ0n) is 30.0. The topological polar surface area (TPSA) is 158 Å². The number of hydrogen-bond donors (Lipinski definition) is 4. The molecule has 2 heterocycles. The SMILES string of the molecule is Cc1ccc(C(=O)NC(C(=O)NC(Cc2ccccc2)C(O)CN2CC3CCCCC3CC2C(=O)NC(C)(C)C)C(C)(C)S(C)(=O)=O)cn1. The van der Waals surface area contributed by atoms with Gasteiger partial charge in [-0.25, -0.2) is 8.42 Å². The van der Waals surface area contributed by atoms with Crippen LogP contribution in [0.5, 0.6) is 0 Å². The third kappa shape index (κ3) is 10.1. The Morgan fingerprint density at radius 2 is 1.63 bits per heavy atom. The van der Waals surface area contributed by atoms with Gasteiger partial charge in [-0.15, -0.1) is 0 Å². The number of aromatic nitrogens is 1. The van der Waals surface area contributed by atoms with Gasteiger partial charge in [-0.1, -0.05) is 49.6 Å². The van der Waals surface area contributed by atoms with Crippen LogP contribution in [0.2, 0.25) is 0 Å². The molecule has 49 heavy (non-hydrogen) atoms. The van der Waals surface area contributed by atoms with Crippen molar-refractivity contribution in [1.82, 2.24) is 25.8 Å². The molecule has 6 unspecified atom stereocenters. The van der Waals surface area contributed by atoms with E-state index in [0.717, 1.165) is 37.5 Å². The number of fused-ring (bicyclic) bond motifs is 1. The number of β-amino-alcohol motifs (C(OH)–C–C–N with tert-alkyl or cyclic N) is 1. The van der Waals surface area contributed by atoms with Gasteiger partial charge in [0.1, 0.15) is 6.04 Å². The van der Waals surface area contributed by atoms with Gasteiger partial charge in [0.25, 0.3) is 5.91 Å². The minimum absolute atomic E-state index is 0.0735. The van der Waals surface area contributed by atoms with Crippen LogP contribution in [0.1, 0.15) is 88.3 Å². The third-order valence-electron chi connectivity index (χ3n) is 10.2. The zero-order chi connectivity index (χ0) is 36.1. The number of likely N-dealkylation sites (tertiary alicyclic amines) is 1. The van der Waals surface area contributed by atoms with Crippen LogP contribution in [0.25, 0.3) is 0 Å². The van der Waals surface area contributed by atoms with Crippen molar-refractivity contribution in [1.29, 1.82) is 0 Å². The van der Waals surface area contributed by atoms with E-state index in [1.54, 1.807) is 19.1 Å². The Bertz CT molecular complexity index is 1560. The van der Waals surface area contributed by atoms with Gasteiger partial charge in [0.2, 0.25) is 11.8 Å². The summed E-state index contributed by atoms with van der Waals surface area (Å²) < 4.78 is 24.3. The van der Waals surface area contributed by atoms with Crippen LogP contribution in [0.4, 0.5) is 0 Å². The molecule has 4 N–H and O–H groups in total. The molecule has 0 bridgehead atoms. The standard InChI is InChI=1S/C37H55N5O6S/c1-24-17-18-27(21-38-24)33(44)40-32(37(5,6)49(7,47)48)35(46)39-29(19-25-13-9-8-10-14-25)31(43)23-42-22-28-16-12-11-15-26(28)20-30(42)34(45)41-36(2,3)4/h8-10,13-14,17-18,21,26,28-32,43H,11-12,15-16,19-20,22-23H2,1-7H3,(H,39,46)(H,40,44)(H,41,45). The summed E-state index contributed by atoms with van der Waals surface area (Å²) in [6.07, 6.45) is 6.71. The predicted octanol–water partition coefficient (Wildman–Crippen LogP) is 3.20. The first kappa shape index (κ1) is 38.5. The lowest BCUT2D eigenvalue weighted by atomic mass is 9.72. The number of hydrogen-bond acceptors (Lipinski definition) is 8. The molecule has 1 aliphatic carbocycles. The van der Waals surface area contributed by atoms with Crippen LogP contribution in [-0.4, -0.2) is 95.0 Å². The van der Waals surface area contributed by atoms with Crippen molar-refractivity contribution >= 4 is 27.6 Å². The van der Waals surface area contributed by atoms with Gasteiger partial charge in [0.05, 0.1) is 28.5 Å². The quantitative estimate of drug-likeness (QED) is 0.264. The summed E-state index contributed by atoms with van der Waals surface area (Å²) >= 11 is 0. The molecule has 12 heteroatoms. The van der Waals surface area contributed by atoms with Gasteiger partial charge in [-0.05, 0) is 90.3 Å². The Morgan fingerprint density at radius 3 is 2.22 bits per heavy atom. The van der Waals surface area contributed by atoms with Gasteiger partial charge in [0.15, 0.2) is 9.84 Å². The number of aryl methyl sites for hydroxylation is 1. The van der Waals surface area contributed by atoms with E-state index in [1.807, 2.05) is 51.1 Å². The maximum Gasteiger partial charge on any atom is 0.253 e. The highest BCUT2D eigenvalue weighted by Crippen LogP contribution is 2.39. The minimum atomic E-state index is -3.87. The van der Waals surface area contributed by atoms with E-state index in [1.165, 1.54) is 20.0 Å². The first-order valence-corrected chi connectivity index (χ1v) is 19.3. The fourth-order valence-electron chi connectivity index (χ4n) is 7.00. The first-order valence-electron chi connectivity index (χ1n) is 17.4. The maximum atomic E-state index is 14.2. The molecule has 2 aromatic rings. The fraction of sp³-hybridized carbons (Fsp3) is 0.622. The number of sulfone groups is 1. The van der Waals surface area contributed by atoms with Crippen molar-refractivity contribution in [2.24, 2.45) is 11.8 Å². The van der Waals surface area contributed by atoms with Crippen LogP contribution in [-0.2, 0) is 25.8 Å². The van der Waals surface area contributed by atoms with Gasteiger partial charge >= 0.3 is 0 Å². The molecule has 4 rings (SSSR count). The number of carbonyl (C=O) groups excluding carboxylic acids is 3. The average molecular weight is 698 g/mol. The highest BCUT2D eigenvalue weighted by molar-refractivity contribution is 7.92. The molecule has 1 aliphatic heterocycles. The van der Waals surface area contributed by atoms with Gasteiger partial charge in [-0.3, -0.25) is 24.3 Å². The van der Waals surface area contributed by atoms with E-state index in [-0.39, 0.29) is 24.4 Å². The summed E-state index contributed by atoms with van der Waals surface area (Å²) in [5.41, 5.74) is 1.31. The molecule has 2 aliphatic rings. The number of aliphatic hydroxyl groups excluding tert-OH is 1. The molecule has 1 aromatic heterocycles. The second kappa shape index (κ2) is 15.7. The first-order chi connectivity index (χ1) is 22.9. The second-order valence-corrected chi connectivity index (χ2v) is 18.2. The largest absolute Gasteiger partial charge is 0.390 e. The van der Waals surface area contributed by atoms with Crippen LogP contribution >= 0.6 is 0 Å². The number of pyridine rings is 1. The monoisotopic (exact) mass is 697 g/mol. The lowest BCUT2D eigenvalue weighted by Gasteiger charge is -2.47. The van der Waals surface area contributed by atoms with Crippen molar-refractivity contribution in [2.75, 3.05) is 19.3 Å². The zero-order valence-corrected chi connectivity index (χ0v) is 30.8. The Balaban J connectivity index is 1.63. The van der Waals surface area contributed by atoms with Gasteiger partial charge < -0.3 is 21.1 Å². The number of benzene rings is 1. The Hall–Kier alpha value is -3.35. The van der Waals surface area contributed by atoms with Crippen LogP contribution in [0.3, 0.4) is 0 Å². The normalized spacial score (nSPS) is 22.2. The lowest BCUT2D eigenvalue weighted by Crippen LogP contribution is -2.64. The van der Waals surface area contributed by atoms with Gasteiger partial charge in [-0.2, -0.15) is 0 Å². The minimum Gasteiger partial charge on any atom is -0.390 e. The number of nitrogens with zero attached hydrogens (tertiary/aromatic N) is 2. The van der Waals surface area contributed by atoms with E-state index in [2.05, 4.69) is 25.8 Å². The molecule has 0 radical (unpaired) electrons. The van der Waals surface area contributed by atoms with Crippen molar-refractivity contribution in [2.45, 2.75) is 115 Å². The molecule has 1 saturated carbocycles. The Morgan fingerprint density at radius 1 is 0.980 bits per heavy atom. The Kier molecular flexibility index (Phi) is 12.3. The Labute approximate surface area is 291 Å². The summed E-state index contributed by atoms with van der Waals surface area (Å²) in [7, 11) is -3.87. The van der Waals surface area contributed by atoms with Crippen LogP contribution in [0, 0.1) is 18.8 Å². The van der Waals surface area contributed by atoms with Crippen LogP contribution < -0.4 is 16.0 Å². The van der Waals surface area contributed by atoms with Crippen molar-refractivity contribution in [3.8, 4) is 0 Å². The molecule has 3 amide bonds. The number of amides is 3. The van der Waals surface area contributed by atoms with Crippen molar-refractivity contribution in [3.63, 3.8) is 0 Å². The van der Waals surface area contributed by atoms with E-state index in [9.17, 15) is 27.9 Å². The third-order valence-corrected chi connectivity index (χ3v) is 12.3. The molecule has 11 nitrogen and oxygen atoms in total. The molecule has 0 spiro atoms. The molecule has 2 fully saturated rings. The summed E-state index contributed by atoms with van der Waals surface area (Å²) in [6.45, 7) is 11.2. The molecular formula is C37H55N5O6S.